The molecule has 0 bridgehead atoms. The highest BCUT2D eigenvalue weighted by atomic mass is 35.5. The van der Waals surface area contributed by atoms with Crippen LogP contribution in [0.2, 0.25) is 10.0 Å². The zero-order chi connectivity index (χ0) is 17.4. The fraction of sp³-hybridized carbons (Fsp3) is 0.200. The minimum Gasteiger partial charge on any atom is -0.298 e. The molecular formula is C20H16Cl2N2S. The first-order chi connectivity index (χ1) is 12.1. The SMILES string of the molecule is S=c1nc(-c2ccccc2Cl)n(-c2cccc(Cl)c2)c2c1CCCC2. The maximum absolute atomic E-state index is 6.47. The number of benzene rings is 2. The second-order valence-electron chi connectivity index (χ2n) is 6.17. The van der Waals surface area contributed by atoms with Gasteiger partial charge >= 0.3 is 0 Å². The van der Waals surface area contributed by atoms with Crippen molar-refractivity contribution in [1.82, 2.24) is 9.55 Å². The molecule has 0 N–H and O–H groups in total. The second kappa shape index (κ2) is 6.91. The van der Waals surface area contributed by atoms with Crippen LogP contribution in [0.5, 0.6) is 0 Å². The van der Waals surface area contributed by atoms with Crippen LogP contribution in [-0.4, -0.2) is 9.55 Å². The van der Waals surface area contributed by atoms with E-state index < -0.39 is 0 Å². The van der Waals surface area contributed by atoms with Gasteiger partial charge in [-0.25, -0.2) is 4.98 Å². The number of hydrogen-bond acceptors (Lipinski definition) is 2. The predicted molar refractivity (Wildman–Crippen MR) is 106 cm³/mol. The van der Waals surface area contributed by atoms with Crippen molar-refractivity contribution in [3.8, 4) is 17.1 Å². The van der Waals surface area contributed by atoms with Gasteiger partial charge in [-0.2, -0.15) is 0 Å². The Labute approximate surface area is 162 Å². The molecule has 1 aliphatic carbocycles. The Balaban J connectivity index is 2.09. The fourth-order valence-corrected chi connectivity index (χ4v) is 4.14. The van der Waals surface area contributed by atoms with Gasteiger partial charge in [0.2, 0.25) is 0 Å². The number of hydrogen-bond donors (Lipinski definition) is 0. The lowest BCUT2D eigenvalue weighted by molar-refractivity contribution is 0.642. The summed E-state index contributed by atoms with van der Waals surface area (Å²) in [5, 5.41) is 1.36. The minimum atomic E-state index is 0.663. The monoisotopic (exact) mass is 386 g/mol. The minimum absolute atomic E-state index is 0.663. The molecule has 3 aromatic rings. The fourth-order valence-electron chi connectivity index (χ4n) is 3.42. The topological polar surface area (TPSA) is 17.8 Å². The number of aromatic nitrogens is 2. The molecule has 1 heterocycles. The molecule has 0 radical (unpaired) electrons. The Bertz CT molecular complexity index is 1010. The molecule has 1 aromatic heterocycles. The Morgan fingerprint density at radius 3 is 2.56 bits per heavy atom. The van der Waals surface area contributed by atoms with E-state index in [-0.39, 0.29) is 0 Å². The second-order valence-corrected chi connectivity index (χ2v) is 7.40. The largest absolute Gasteiger partial charge is 0.298 e. The zero-order valence-electron chi connectivity index (χ0n) is 13.5. The van der Waals surface area contributed by atoms with Crippen LogP contribution in [0.1, 0.15) is 24.1 Å². The lowest BCUT2D eigenvalue weighted by atomic mass is 9.96. The van der Waals surface area contributed by atoms with Gasteiger partial charge in [0, 0.05) is 27.5 Å². The van der Waals surface area contributed by atoms with E-state index in [1.54, 1.807) is 0 Å². The summed E-state index contributed by atoms with van der Waals surface area (Å²) >= 11 is 18.3. The highest BCUT2D eigenvalue weighted by Crippen LogP contribution is 2.33. The first-order valence-electron chi connectivity index (χ1n) is 8.31. The average molecular weight is 387 g/mol. The van der Waals surface area contributed by atoms with Crippen LogP contribution >= 0.6 is 35.4 Å². The number of fused-ring (bicyclic) bond motifs is 1. The van der Waals surface area contributed by atoms with Crippen molar-refractivity contribution in [1.29, 1.82) is 0 Å². The van der Waals surface area contributed by atoms with Gasteiger partial charge in [0.15, 0.2) is 0 Å². The van der Waals surface area contributed by atoms with Crippen LogP contribution in [-0.2, 0) is 12.8 Å². The van der Waals surface area contributed by atoms with Gasteiger partial charge in [-0.05, 0) is 56.0 Å². The highest BCUT2D eigenvalue weighted by molar-refractivity contribution is 7.71. The summed E-state index contributed by atoms with van der Waals surface area (Å²) in [4.78, 5) is 4.77. The summed E-state index contributed by atoms with van der Waals surface area (Å²) in [6.45, 7) is 0. The van der Waals surface area contributed by atoms with Gasteiger partial charge < -0.3 is 0 Å². The number of nitrogens with zero attached hydrogens (tertiary/aromatic N) is 2. The number of halogens is 2. The quantitative estimate of drug-likeness (QED) is 0.470. The Morgan fingerprint density at radius 1 is 0.960 bits per heavy atom. The van der Waals surface area contributed by atoms with E-state index in [1.165, 1.54) is 11.3 Å². The maximum atomic E-state index is 6.47. The van der Waals surface area contributed by atoms with Crippen molar-refractivity contribution >= 4 is 35.4 Å². The molecule has 25 heavy (non-hydrogen) atoms. The average Bonchev–Trinajstić information content (AvgIpc) is 2.62. The molecule has 0 saturated heterocycles. The standard InChI is InChI=1S/C20H16Cl2N2S/c21-13-6-5-7-14(12-13)24-18-11-4-2-9-16(18)20(25)23-19(24)15-8-1-3-10-17(15)22/h1,3,5-8,10,12H,2,4,9,11H2. The Hall–Kier alpha value is -1.68. The summed E-state index contributed by atoms with van der Waals surface area (Å²) in [6, 6.07) is 15.6. The Kier molecular flexibility index (Phi) is 4.63. The van der Waals surface area contributed by atoms with E-state index in [9.17, 15) is 0 Å². The van der Waals surface area contributed by atoms with E-state index >= 15 is 0 Å². The third-order valence-electron chi connectivity index (χ3n) is 4.57. The van der Waals surface area contributed by atoms with Crippen LogP contribution in [0, 0.1) is 4.64 Å². The van der Waals surface area contributed by atoms with E-state index in [4.69, 9.17) is 40.4 Å². The van der Waals surface area contributed by atoms with E-state index in [2.05, 4.69) is 4.57 Å². The molecule has 0 amide bonds. The molecule has 0 fully saturated rings. The molecule has 2 aromatic carbocycles. The molecule has 126 valence electrons. The first-order valence-corrected chi connectivity index (χ1v) is 9.47. The van der Waals surface area contributed by atoms with Crippen molar-refractivity contribution in [3.05, 3.63) is 74.5 Å². The van der Waals surface area contributed by atoms with Gasteiger partial charge in [0.25, 0.3) is 0 Å². The van der Waals surface area contributed by atoms with E-state index in [0.717, 1.165) is 42.8 Å². The predicted octanol–water partition coefficient (Wildman–Crippen LogP) is 6.45. The highest BCUT2D eigenvalue weighted by Gasteiger charge is 2.21. The summed E-state index contributed by atoms with van der Waals surface area (Å²) in [5.41, 5.74) is 4.27. The van der Waals surface area contributed by atoms with Gasteiger partial charge in [-0.1, -0.05) is 53.6 Å². The third kappa shape index (κ3) is 3.12. The molecule has 2 nitrogen and oxygen atoms in total. The van der Waals surface area contributed by atoms with Crippen LogP contribution in [0.3, 0.4) is 0 Å². The lowest BCUT2D eigenvalue weighted by Gasteiger charge is -2.25. The molecule has 5 heteroatoms. The smallest absolute Gasteiger partial charge is 0.147 e. The van der Waals surface area contributed by atoms with Gasteiger partial charge in [0.05, 0.1) is 5.02 Å². The normalized spacial score (nSPS) is 13.5. The number of rotatable bonds is 2. The van der Waals surface area contributed by atoms with Gasteiger partial charge in [0.1, 0.15) is 10.5 Å². The Morgan fingerprint density at radius 2 is 1.76 bits per heavy atom. The lowest BCUT2D eigenvalue weighted by Crippen LogP contribution is -2.17. The zero-order valence-corrected chi connectivity index (χ0v) is 15.8. The van der Waals surface area contributed by atoms with Crippen LogP contribution in [0.25, 0.3) is 17.1 Å². The summed E-state index contributed by atoms with van der Waals surface area (Å²) in [5.74, 6) is 0.776. The van der Waals surface area contributed by atoms with E-state index in [1.807, 2.05) is 48.5 Å². The van der Waals surface area contributed by atoms with Crippen LogP contribution in [0.4, 0.5) is 0 Å². The molecular weight excluding hydrogens is 371 g/mol. The summed E-state index contributed by atoms with van der Waals surface area (Å²) < 4.78 is 2.86. The first kappa shape index (κ1) is 16.8. The van der Waals surface area contributed by atoms with Crippen molar-refractivity contribution in [3.63, 3.8) is 0 Å². The summed E-state index contributed by atoms with van der Waals surface area (Å²) in [6.07, 6.45) is 4.25. The maximum Gasteiger partial charge on any atom is 0.147 e. The van der Waals surface area contributed by atoms with Gasteiger partial charge in [-0.15, -0.1) is 0 Å². The van der Waals surface area contributed by atoms with Crippen molar-refractivity contribution in [2.24, 2.45) is 0 Å². The summed E-state index contributed by atoms with van der Waals surface area (Å²) in [7, 11) is 0. The van der Waals surface area contributed by atoms with E-state index in [0.29, 0.717) is 14.7 Å². The molecule has 0 saturated carbocycles. The van der Waals surface area contributed by atoms with Crippen LogP contribution in [0.15, 0.2) is 48.5 Å². The van der Waals surface area contributed by atoms with Gasteiger partial charge in [-0.3, -0.25) is 4.57 Å². The molecule has 0 atom stereocenters. The van der Waals surface area contributed by atoms with Crippen molar-refractivity contribution in [2.75, 3.05) is 0 Å². The molecule has 4 rings (SSSR count). The van der Waals surface area contributed by atoms with Crippen LogP contribution < -0.4 is 0 Å². The molecule has 0 aliphatic heterocycles. The molecule has 0 spiro atoms. The van der Waals surface area contributed by atoms with Crippen molar-refractivity contribution < 1.29 is 0 Å². The molecule has 1 aliphatic rings. The third-order valence-corrected chi connectivity index (χ3v) is 5.47. The molecule has 0 unspecified atom stereocenters. The van der Waals surface area contributed by atoms with Crippen molar-refractivity contribution in [2.45, 2.75) is 25.7 Å².